The first-order valence-electron chi connectivity index (χ1n) is 7.60. The minimum atomic E-state index is 0.825. The molecule has 0 saturated carbocycles. The van der Waals surface area contributed by atoms with E-state index in [2.05, 4.69) is 41.5 Å². The topological polar surface area (TPSA) is 34.1 Å². The molecule has 0 amide bonds. The lowest BCUT2D eigenvalue weighted by molar-refractivity contribution is 0.414. The van der Waals surface area contributed by atoms with Crippen molar-refractivity contribution in [1.29, 1.82) is 0 Å². The number of ether oxygens (including phenoxy) is 1. The number of hydrogen-bond acceptors (Lipinski definition) is 5. The van der Waals surface area contributed by atoms with Crippen molar-refractivity contribution in [2.24, 2.45) is 0 Å². The number of methoxy groups -OCH3 is 1. The van der Waals surface area contributed by atoms with Crippen LogP contribution in [0.1, 0.15) is 15.4 Å². The van der Waals surface area contributed by atoms with E-state index in [1.54, 1.807) is 18.4 Å². The third-order valence-electron chi connectivity index (χ3n) is 3.56. The molecule has 5 heteroatoms. The van der Waals surface area contributed by atoms with Crippen LogP contribution in [0.5, 0.6) is 5.75 Å². The predicted molar refractivity (Wildman–Crippen MR) is 98.6 cm³/mol. The first-order valence-corrected chi connectivity index (χ1v) is 9.23. The lowest BCUT2D eigenvalue weighted by atomic mass is 10.1. The normalized spacial score (nSPS) is 10.9. The second-order valence-corrected chi connectivity index (χ2v) is 7.71. The summed E-state index contributed by atoms with van der Waals surface area (Å²) in [4.78, 5) is 8.42. The molecule has 0 atom stereocenters. The van der Waals surface area contributed by atoms with Gasteiger partial charge in [-0.25, -0.2) is 4.98 Å². The molecular weight excluding hydrogens is 324 g/mol. The molecule has 120 valence electrons. The fourth-order valence-electron chi connectivity index (χ4n) is 2.29. The summed E-state index contributed by atoms with van der Waals surface area (Å²) >= 11 is 3.59. The molecule has 0 unspecified atom stereocenters. The van der Waals surface area contributed by atoms with E-state index in [1.165, 1.54) is 20.2 Å². The Hall–Kier alpha value is -1.69. The predicted octanol–water partition coefficient (Wildman–Crippen LogP) is 4.52. The molecule has 0 radical (unpaired) electrons. The minimum absolute atomic E-state index is 0.825. The van der Waals surface area contributed by atoms with Gasteiger partial charge in [0, 0.05) is 22.5 Å². The molecule has 3 nitrogen and oxygen atoms in total. The van der Waals surface area contributed by atoms with E-state index >= 15 is 0 Å². The Kier molecular flexibility index (Phi) is 5.43. The number of thiophene rings is 1. The van der Waals surface area contributed by atoms with Gasteiger partial charge < -0.3 is 10.1 Å². The number of hydrogen-bond donors (Lipinski definition) is 1. The summed E-state index contributed by atoms with van der Waals surface area (Å²) < 4.78 is 5.17. The standard InChI is InChI=1S/C18H20N2OS2/c1-13-3-8-16(22-13)17-11-20-18(23-17)12-19-10-9-14-4-6-15(21-2)7-5-14/h3-8,11,19H,9-10,12H2,1-2H3. The van der Waals surface area contributed by atoms with Gasteiger partial charge in [-0.15, -0.1) is 22.7 Å². The van der Waals surface area contributed by atoms with Crippen LogP contribution in [0.3, 0.4) is 0 Å². The van der Waals surface area contributed by atoms with Gasteiger partial charge in [-0.2, -0.15) is 0 Å². The van der Waals surface area contributed by atoms with Crippen LogP contribution in [0.4, 0.5) is 0 Å². The van der Waals surface area contributed by atoms with Crippen LogP contribution in [-0.2, 0) is 13.0 Å². The molecule has 0 saturated heterocycles. The Morgan fingerprint density at radius 1 is 1.04 bits per heavy atom. The molecule has 1 N–H and O–H groups in total. The summed E-state index contributed by atoms with van der Waals surface area (Å²) in [6.07, 6.45) is 2.99. The molecule has 0 aliphatic rings. The molecule has 0 fully saturated rings. The number of nitrogens with one attached hydrogen (secondary N) is 1. The summed E-state index contributed by atoms with van der Waals surface area (Å²) in [5.74, 6) is 0.904. The van der Waals surface area contributed by atoms with Crippen LogP contribution in [-0.4, -0.2) is 18.6 Å². The third kappa shape index (κ3) is 4.41. The van der Waals surface area contributed by atoms with E-state index in [-0.39, 0.29) is 0 Å². The molecule has 0 aliphatic heterocycles. The number of benzene rings is 1. The molecule has 23 heavy (non-hydrogen) atoms. The van der Waals surface area contributed by atoms with Gasteiger partial charge in [0.2, 0.25) is 0 Å². The van der Waals surface area contributed by atoms with E-state index < -0.39 is 0 Å². The number of nitrogens with zero attached hydrogens (tertiary/aromatic N) is 1. The van der Waals surface area contributed by atoms with Gasteiger partial charge in [-0.1, -0.05) is 12.1 Å². The molecule has 0 aliphatic carbocycles. The number of thiazole rings is 1. The zero-order valence-electron chi connectivity index (χ0n) is 13.3. The van der Waals surface area contributed by atoms with Gasteiger partial charge in [-0.3, -0.25) is 0 Å². The van der Waals surface area contributed by atoms with Crippen molar-refractivity contribution in [1.82, 2.24) is 10.3 Å². The molecule has 3 rings (SSSR count). The summed E-state index contributed by atoms with van der Waals surface area (Å²) in [5, 5.41) is 4.61. The van der Waals surface area contributed by atoms with Crippen molar-refractivity contribution in [2.75, 3.05) is 13.7 Å². The van der Waals surface area contributed by atoms with E-state index in [1.807, 2.05) is 29.7 Å². The lowest BCUT2D eigenvalue weighted by Gasteiger charge is -2.04. The molecule has 0 spiro atoms. The maximum absolute atomic E-state index is 5.17. The number of aromatic nitrogens is 1. The molecular formula is C18H20N2OS2. The van der Waals surface area contributed by atoms with Crippen molar-refractivity contribution < 1.29 is 4.74 Å². The van der Waals surface area contributed by atoms with E-state index in [0.29, 0.717) is 0 Å². The third-order valence-corrected chi connectivity index (χ3v) is 5.76. The van der Waals surface area contributed by atoms with Gasteiger partial charge in [0.15, 0.2) is 0 Å². The fraction of sp³-hybridized carbons (Fsp3) is 0.278. The van der Waals surface area contributed by atoms with Gasteiger partial charge in [0.05, 0.1) is 12.0 Å². The van der Waals surface area contributed by atoms with E-state index in [9.17, 15) is 0 Å². The number of aryl methyl sites for hydroxylation is 1. The van der Waals surface area contributed by atoms with Gasteiger partial charge in [-0.05, 0) is 49.7 Å². The Labute approximate surface area is 145 Å². The van der Waals surface area contributed by atoms with Crippen molar-refractivity contribution >= 4 is 22.7 Å². The second-order valence-electron chi connectivity index (χ2n) is 5.30. The maximum atomic E-state index is 5.17. The van der Waals surface area contributed by atoms with Crippen LogP contribution in [0.2, 0.25) is 0 Å². The Balaban J connectivity index is 1.46. The molecule has 0 bridgehead atoms. The van der Waals surface area contributed by atoms with Crippen molar-refractivity contribution in [2.45, 2.75) is 19.9 Å². The first-order chi connectivity index (χ1) is 11.2. The molecule has 2 aromatic heterocycles. The average molecular weight is 345 g/mol. The highest BCUT2D eigenvalue weighted by atomic mass is 32.1. The summed E-state index contributed by atoms with van der Waals surface area (Å²) in [5.41, 5.74) is 1.31. The highest BCUT2D eigenvalue weighted by Crippen LogP contribution is 2.31. The second kappa shape index (κ2) is 7.73. The van der Waals surface area contributed by atoms with Crippen LogP contribution in [0, 0.1) is 6.92 Å². The Morgan fingerprint density at radius 2 is 1.87 bits per heavy atom. The number of rotatable bonds is 7. The fourth-order valence-corrected chi connectivity index (χ4v) is 4.12. The average Bonchev–Trinajstić information content (AvgIpc) is 3.21. The van der Waals surface area contributed by atoms with Crippen LogP contribution in [0.15, 0.2) is 42.6 Å². The van der Waals surface area contributed by atoms with Gasteiger partial charge in [0.1, 0.15) is 10.8 Å². The van der Waals surface area contributed by atoms with E-state index in [4.69, 9.17) is 4.74 Å². The van der Waals surface area contributed by atoms with Crippen LogP contribution < -0.4 is 10.1 Å². The first kappa shape index (κ1) is 16.2. The summed E-state index contributed by atoms with van der Waals surface area (Å²) in [7, 11) is 1.69. The SMILES string of the molecule is COc1ccc(CCNCc2ncc(-c3ccc(C)s3)s2)cc1. The largest absolute Gasteiger partial charge is 0.497 e. The van der Waals surface area contributed by atoms with Crippen molar-refractivity contribution in [3.05, 3.63) is 58.0 Å². The Bertz CT molecular complexity index is 746. The minimum Gasteiger partial charge on any atom is -0.497 e. The van der Waals surface area contributed by atoms with Crippen molar-refractivity contribution in [3.8, 4) is 15.5 Å². The zero-order chi connectivity index (χ0) is 16.1. The lowest BCUT2D eigenvalue weighted by Crippen LogP contribution is -2.16. The zero-order valence-corrected chi connectivity index (χ0v) is 15.0. The molecule has 3 aromatic rings. The summed E-state index contributed by atoms with van der Waals surface area (Å²) in [6, 6.07) is 12.6. The van der Waals surface area contributed by atoms with Gasteiger partial charge >= 0.3 is 0 Å². The van der Waals surface area contributed by atoms with Crippen LogP contribution >= 0.6 is 22.7 Å². The highest BCUT2D eigenvalue weighted by molar-refractivity contribution is 7.21. The Morgan fingerprint density at radius 3 is 2.57 bits per heavy atom. The van der Waals surface area contributed by atoms with E-state index in [0.717, 1.165) is 30.3 Å². The monoisotopic (exact) mass is 344 g/mol. The summed E-state index contributed by atoms with van der Waals surface area (Å²) in [6.45, 7) is 3.90. The quantitative estimate of drug-likeness (QED) is 0.640. The van der Waals surface area contributed by atoms with Crippen molar-refractivity contribution in [3.63, 3.8) is 0 Å². The highest BCUT2D eigenvalue weighted by Gasteiger charge is 2.06. The van der Waals surface area contributed by atoms with Crippen LogP contribution in [0.25, 0.3) is 9.75 Å². The molecule has 1 aromatic carbocycles. The smallest absolute Gasteiger partial charge is 0.118 e. The van der Waals surface area contributed by atoms with Gasteiger partial charge in [0.25, 0.3) is 0 Å². The maximum Gasteiger partial charge on any atom is 0.118 e. The molecule has 2 heterocycles.